The molecule has 1 heterocycles. The summed E-state index contributed by atoms with van der Waals surface area (Å²) < 4.78 is 0. The summed E-state index contributed by atoms with van der Waals surface area (Å²) in [6, 6.07) is 5.10. The Labute approximate surface area is 120 Å². The van der Waals surface area contributed by atoms with Crippen LogP contribution in [0.4, 0.5) is 0 Å². The van der Waals surface area contributed by atoms with E-state index in [-0.39, 0.29) is 0 Å². The first-order valence-corrected chi connectivity index (χ1v) is 8.79. The maximum Gasteiger partial charge on any atom is 0.0300 e. The van der Waals surface area contributed by atoms with E-state index in [2.05, 4.69) is 49.5 Å². The van der Waals surface area contributed by atoms with Crippen LogP contribution in [0.5, 0.6) is 0 Å². The fourth-order valence-electron chi connectivity index (χ4n) is 1.78. The highest BCUT2D eigenvalue weighted by Gasteiger charge is 2.07. The molecule has 1 N–H and O–H groups in total. The Balaban J connectivity index is 2.09. The van der Waals surface area contributed by atoms with Crippen LogP contribution in [0.1, 0.15) is 23.1 Å². The largest absolute Gasteiger partial charge is 0.311 e. The van der Waals surface area contributed by atoms with Gasteiger partial charge in [0, 0.05) is 35.4 Å². The molecule has 1 aromatic rings. The summed E-state index contributed by atoms with van der Waals surface area (Å²) in [6.07, 6.45) is 3.46. The van der Waals surface area contributed by atoms with Crippen molar-refractivity contribution >= 4 is 23.1 Å². The number of aryl methyl sites for hydroxylation is 1. The lowest BCUT2D eigenvalue weighted by Gasteiger charge is -2.24. The summed E-state index contributed by atoms with van der Waals surface area (Å²) in [5.74, 6) is 1.26. The highest BCUT2D eigenvalue weighted by molar-refractivity contribution is 7.98. The number of thioether (sulfide) groups is 1. The first-order valence-electron chi connectivity index (χ1n) is 6.58. The molecule has 0 saturated heterocycles. The van der Waals surface area contributed by atoms with Crippen molar-refractivity contribution < 1.29 is 0 Å². The van der Waals surface area contributed by atoms with Crippen LogP contribution in [0.15, 0.2) is 12.1 Å². The third kappa shape index (κ3) is 6.23. The lowest BCUT2D eigenvalue weighted by atomic mass is 10.2. The highest BCUT2D eigenvalue weighted by Crippen LogP contribution is 2.14. The first kappa shape index (κ1) is 16.0. The molecular formula is C14H26N2S2. The summed E-state index contributed by atoms with van der Waals surface area (Å²) in [4.78, 5) is 5.28. The second-order valence-corrected chi connectivity index (χ2v) is 7.16. The fraction of sp³-hybridized carbons (Fsp3) is 0.714. The van der Waals surface area contributed by atoms with Crippen LogP contribution in [-0.4, -0.2) is 43.1 Å². The number of rotatable bonds is 9. The molecule has 0 bridgehead atoms. The van der Waals surface area contributed by atoms with Gasteiger partial charge in [-0.2, -0.15) is 11.8 Å². The van der Waals surface area contributed by atoms with Crippen molar-refractivity contribution in [3.05, 3.63) is 21.9 Å². The standard InChI is InChI=1S/C14H26N2S2/c1-12(7-10-17-4)16(3)9-8-15-11-14-6-5-13(2)18-14/h5-6,12,15H,7-11H2,1-4H3. The first-order chi connectivity index (χ1) is 8.63. The number of nitrogens with one attached hydrogen (secondary N) is 1. The number of nitrogens with zero attached hydrogens (tertiary/aromatic N) is 1. The van der Waals surface area contributed by atoms with Crippen LogP contribution in [0, 0.1) is 6.92 Å². The molecule has 4 heteroatoms. The zero-order valence-electron chi connectivity index (χ0n) is 12.0. The number of hydrogen-bond donors (Lipinski definition) is 1. The molecule has 1 rings (SSSR count). The molecule has 0 aliphatic carbocycles. The second-order valence-electron chi connectivity index (χ2n) is 4.80. The van der Waals surface area contributed by atoms with Gasteiger partial charge in [-0.25, -0.2) is 0 Å². The third-order valence-electron chi connectivity index (χ3n) is 3.23. The van der Waals surface area contributed by atoms with E-state index in [1.54, 1.807) is 0 Å². The quantitative estimate of drug-likeness (QED) is 0.702. The van der Waals surface area contributed by atoms with Gasteiger partial charge in [0.2, 0.25) is 0 Å². The van der Waals surface area contributed by atoms with Crippen molar-refractivity contribution in [2.45, 2.75) is 32.9 Å². The molecule has 0 aliphatic heterocycles. The van der Waals surface area contributed by atoms with Crippen molar-refractivity contribution in [1.82, 2.24) is 10.2 Å². The Bertz CT molecular complexity index is 325. The predicted octanol–water partition coefficient (Wildman–Crippen LogP) is 3.22. The van der Waals surface area contributed by atoms with E-state index in [0.29, 0.717) is 6.04 Å². The highest BCUT2D eigenvalue weighted by atomic mass is 32.2. The summed E-state index contributed by atoms with van der Waals surface area (Å²) in [5, 5.41) is 3.52. The van der Waals surface area contributed by atoms with Gasteiger partial charge >= 0.3 is 0 Å². The molecule has 0 aliphatic rings. The number of likely N-dealkylation sites (N-methyl/N-ethyl adjacent to an activating group) is 1. The summed E-state index contributed by atoms with van der Waals surface area (Å²) in [5.41, 5.74) is 0. The Hall–Kier alpha value is -0.0300. The van der Waals surface area contributed by atoms with Gasteiger partial charge in [0.05, 0.1) is 0 Å². The van der Waals surface area contributed by atoms with Crippen LogP contribution in [0.2, 0.25) is 0 Å². The SMILES string of the molecule is CSCCC(C)N(C)CCNCc1ccc(C)s1. The van der Waals surface area contributed by atoms with Crippen LogP contribution < -0.4 is 5.32 Å². The molecule has 0 spiro atoms. The molecule has 1 aromatic heterocycles. The van der Waals surface area contributed by atoms with E-state index < -0.39 is 0 Å². The monoisotopic (exact) mass is 286 g/mol. The Kier molecular flexibility index (Phi) is 7.98. The van der Waals surface area contributed by atoms with Crippen molar-refractivity contribution in [2.24, 2.45) is 0 Å². The zero-order valence-corrected chi connectivity index (χ0v) is 13.7. The summed E-state index contributed by atoms with van der Waals surface area (Å²) in [6.45, 7) is 7.68. The molecule has 1 unspecified atom stereocenters. The molecule has 0 aromatic carbocycles. The average Bonchev–Trinajstić information content (AvgIpc) is 2.77. The Morgan fingerprint density at radius 3 is 2.83 bits per heavy atom. The van der Waals surface area contributed by atoms with Gasteiger partial charge in [-0.05, 0) is 51.5 Å². The van der Waals surface area contributed by atoms with E-state index >= 15 is 0 Å². The summed E-state index contributed by atoms with van der Waals surface area (Å²) in [7, 11) is 2.22. The van der Waals surface area contributed by atoms with Crippen LogP contribution >= 0.6 is 23.1 Å². The molecule has 0 amide bonds. The molecule has 18 heavy (non-hydrogen) atoms. The Morgan fingerprint density at radius 2 is 2.22 bits per heavy atom. The van der Waals surface area contributed by atoms with Crippen LogP contribution in [-0.2, 0) is 6.54 Å². The van der Waals surface area contributed by atoms with Gasteiger partial charge in [0.1, 0.15) is 0 Å². The van der Waals surface area contributed by atoms with E-state index in [1.165, 1.54) is 21.9 Å². The zero-order chi connectivity index (χ0) is 13.4. The minimum Gasteiger partial charge on any atom is -0.311 e. The summed E-state index contributed by atoms with van der Waals surface area (Å²) >= 11 is 3.82. The maximum absolute atomic E-state index is 3.52. The third-order valence-corrected chi connectivity index (χ3v) is 4.87. The normalized spacial score (nSPS) is 13.2. The van der Waals surface area contributed by atoms with E-state index in [9.17, 15) is 0 Å². The van der Waals surface area contributed by atoms with Crippen molar-refractivity contribution in [3.63, 3.8) is 0 Å². The number of hydrogen-bond acceptors (Lipinski definition) is 4. The van der Waals surface area contributed by atoms with Crippen molar-refractivity contribution in [1.29, 1.82) is 0 Å². The van der Waals surface area contributed by atoms with E-state index in [0.717, 1.165) is 19.6 Å². The molecule has 1 atom stereocenters. The van der Waals surface area contributed by atoms with Gasteiger partial charge in [-0.15, -0.1) is 11.3 Å². The fourth-order valence-corrected chi connectivity index (χ4v) is 3.21. The molecular weight excluding hydrogens is 260 g/mol. The van der Waals surface area contributed by atoms with Gasteiger partial charge in [0.25, 0.3) is 0 Å². The van der Waals surface area contributed by atoms with Crippen molar-refractivity contribution in [3.8, 4) is 0 Å². The van der Waals surface area contributed by atoms with Crippen LogP contribution in [0.25, 0.3) is 0 Å². The molecule has 0 radical (unpaired) electrons. The molecule has 0 fully saturated rings. The lowest BCUT2D eigenvalue weighted by molar-refractivity contribution is 0.253. The average molecular weight is 287 g/mol. The lowest BCUT2D eigenvalue weighted by Crippen LogP contribution is -2.35. The molecule has 0 saturated carbocycles. The van der Waals surface area contributed by atoms with E-state index in [4.69, 9.17) is 0 Å². The second kappa shape index (κ2) is 8.97. The minimum atomic E-state index is 0.684. The van der Waals surface area contributed by atoms with Crippen molar-refractivity contribution in [2.75, 3.05) is 32.1 Å². The molecule has 104 valence electrons. The predicted molar refractivity (Wildman–Crippen MR) is 85.9 cm³/mol. The number of thiophene rings is 1. The minimum absolute atomic E-state index is 0.684. The van der Waals surface area contributed by atoms with Crippen LogP contribution in [0.3, 0.4) is 0 Å². The van der Waals surface area contributed by atoms with Gasteiger partial charge in [-0.3, -0.25) is 0 Å². The van der Waals surface area contributed by atoms with Gasteiger partial charge in [-0.1, -0.05) is 0 Å². The Morgan fingerprint density at radius 1 is 1.44 bits per heavy atom. The smallest absolute Gasteiger partial charge is 0.0300 e. The topological polar surface area (TPSA) is 15.3 Å². The maximum atomic E-state index is 3.52. The molecule has 2 nitrogen and oxygen atoms in total. The van der Waals surface area contributed by atoms with E-state index in [1.807, 2.05) is 23.1 Å². The van der Waals surface area contributed by atoms with Gasteiger partial charge in [0.15, 0.2) is 0 Å². The van der Waals surface area contributed by atoms with Gasteiger partial charge < -0.3 is 10.2 Å².